The summed E-state index contributed by atoms with van der Waals surface area (Å²) in [5.41, 5.74) is 1.17. The van der Waals surface area contributed by atoms with Crippen LogP contribution in [0.15, 0.2) is 42.5 Å². The highest BCUT2D eigenvalue weighted by Gasteiger charge is 2.48. The first-order valence-electron chi connectivity index (χ1n) is 9.24. The number of piperazine rings is 1. The van der Waals surface area contributed by atoms with Crippen LogP contribution in [0.1, 0.15) is 5.56 Å². The molecule has 0 aromatic heterocycles. The van der Waals surface area contributed by atoms with Gasteiger partial charge in [0.25, 0.3) is 0 Å². The normalized spacial score (nSPS) is 24.7. The quantitative estimate of drug-likeness (QED) is 0.789. The van der Waals surface area contributed by atoms with Gasteiger partial charge in [-0.1, -0.05) is 36.4 Å². The number of benzene rings is 2. The van der Waals surface area contributed by atoms with Gasteiger partial charge in [-0.2, -0.15) is 0 Å². The third kappa shape index (κ3) is 3.53. The van der Waals surface area contributed by atoms with E-state index >= 15 is 0 Å². The molecule has 0 unspecified atom stereocenters. The summed E-state index contributed by atoms with van der Waals surface area (Å²) in [4.78, 5) is 18.0. The highest BCUT2D eigenvalue weighted by Crippen LogP contribution is 2.29. The Balaban J connectivity index is 1.59. The number of carbonyl (C=O) groups excluding carboxylic acids is 1. The van der Waals surface area contributed by atoms with Crippen LogP contribution in [-0.4, -0.2) is 79.9 Å². The van der Waals surface area contributed by atoms with E-state index in [-0.39, 0.29) is 29.6 Å². The molecule has 144 valence electrons. The molecular weight excluding hydrogens is 362 g/mol. The molecule has 2 saturated heterocycles. The van der Waals surface area contributed by atoms with Crippen molar-refractivity contribution in [3.63, 3.8) is 0 Å². The van der Waals surface area contributed by atoms with Gasteiger partial charge in [0, 0.05) is 39.8 Å². The van der Waals surface area contributed by atoms with E-state index in [2.05, 4.69) is 35.2 Å². The van der Waals surface area contributed by atoms with Crippen LogP contribution in [0.25, 0.3) is 10.8 Å². The second-order valence-electron chi connectivity index (χ2n) is 7.73. The molecule has 2 aliphatic heterocycles. The molecule has 0 bridgehead atoms. The van der Waals surface area contributed by atoms with Crippen molar-refractivity contribution < 1.29 is 13.2 Å². The summed E-state index contributed by atoms with van der Waals surface area (Å²) in [5, 5.41) is 2.39. The minimum Gasteiger partial charge on any atom is -0.331 e. The molecule has 2 fully saturated rings. The van der Waals surface area contributed by atoms with Crippen LogP contribution in [0.2, 0.25) is 0 Å². The zero-order valence-electron chi connectivity index (χ0n) is 15.7. The van der Waals surface area contributed by atoms with Gasteiger partial charge in [-0.25, -0.2) is 13.2 Å². The molecule has 6 nitrogen and oxygen atoms in total. The van der Waals surface area contributed by atoms with Gasteiger partial charge in [-0.3, -0.25) is 4.90 Å². The second kappa shape index (κ2) is 6.80. The highest BCUT2D eigenvalue weighted by atomic mass is 32.2. The van der Waals surface area contributed by atoms with Crippen LogP contribution in [0.3, 0.4) is 0 Å². The van der Waals surface area contributed by atoms with Crippen LogP contribution in [-0.2, 0) is 16.4 Å². The van der Waals surface area contributed by atoms with Crippen molar-refractivity contribution in [3.8, 4) is 0 Å². The maximum absolute atomic E-state index is 12.5. The van der Waals surface area contributed by atoms with Crippen LogP contribution in [0.5, 0.6) is 0 Å². The van der Waals surface area contributed by atoms with Crippen LogP contribution < -0.4 is 0 Å². The van der Waals surface area contributed by atoms with Gasteiger partial charge in [0.1, 0.15) is 0 Å². The van der Waals surface area contributed by atoms with Crippen molar-refractivity contribution in [3.05, 3.63) is 48.0 Å². The fourth-order valence-electron chi connectivity index (χ4n) is 4.29. The molecule has 0 aliphatic carbocycles. The van der Waals surface area contributed by atoms with Gasteiger partial charge < -0.3 is 9.80 Å². The van der Waals surface area contributed by atoms with Gasteiger partial charge in [0.15, 0.2) is 9.84 Å². The van der Waals surface area contributed by atoms with E-state index < -0.39 is 9.84 Å². The number of sulfone groups is 1. The maximum atomic E-state index is 12.5. The minimum absolute atomic E-state index is 0.0610. The van der Waals surface area contributed by atoms with Crippen LogP contribution >= 0.6 is 0 Å². The van der Waals surface area contributed by atoms with E-state index in [1.54, 1.807) is 19.0 Å². The molecule has 7 heteroatoms. The summed E-state index contributed by atoms with van der Waals surface area (Å²) in [5.74, 6) is 0.188. The van der Waals surface area contributed by atoms with Crippen molar-refractivity contribution >= 4 is 26.6 Å². The Morgan fingerprint density at radius 3 is 2.48 bits per heavy atom. The van der Waals surface area contributed by atoms with E-state index in [1.165, 1.54) is 21.2 Å². The van der Waals surface area contributed by atoms with Gasteiger partial charge in [-0.05, 0) is 22.4 Å². The Hall–Kier alpha value is -2.12. The Kier molecular flexibility index (Phi) is 4.60. The molecule has 2 heterocycles. The Morgan fingerprint density at radius 2 is 1.74 bits per heavy atom. The highest BCUT2D eigenvalue weighted by molar-refractivity contribution is 7.91. The van der Waals surface area contributed by atoms with E-state index in [0.29, 0.717) is 19.6 Å². The topological polar surface area (TPSA) is 60.9 Å². The maximum Gasteiger partial charge on any atom is 0.319 e. The summed E-state index contributed by atoms with van der Waals surface area (Å²) >= 11 is 0. The van der Waals surface area contributed by atoms with Crippen molar-refractivity contribution in [1.29, 1.82) is 0 Å². The number of amides is 2. The summed E-state index contributed by atoms with van der Waals surface area (Å²) in [6.45, 7) is 1.94. The van der Waals surface area contributed by atoms with Crippen molar-refractivity contribution in [2.24, 2.45) is 0 Å². The fraction of sp³-hybridized carbons (Fsp3) is 0.450. The van der Waals surface area contributed by atoms with Gasteiger partial charge in [0.05, 0.1) is 17.5 Å². The molecule has 0 spiro atoms. The molecular formula is C20H25N3O3S. The smallest absolute Gasteiger partial charge is 0.319 e. The molecule has 2 aromatic rings. The predicted octanol–water partition coefficient (Wildman–Crippen LogP) is 1.80. The molecule has 2 aromatic carbocycles. The fourth-order valence-corrected chi connectivity index (χ4v) is 6.30. The third-order valence-electron chi connectivity index (χ3n) is 5.62. The molecule has 4 rings (SSSR count). The number of carbonyl (C=O) groups is 1. The average Bonchev–Trinajstić information content (AvgIpc) is 2.96. The Labute approximate surface area is 160 Å². The Morgan fingerprint density at radius 1 is 1.04 bits per heavy atom. The average molecular weight is 388 g/mol. The monoisotopic (exact) mass is 387 g/mol. The molecule has 2 aliphatic rings. The first-order chi connectivity index (χ1) is 12.8. The number of rotatable bonds is 2. The van der Waals surface area contributed by atoms with Crippen LogP contribution in [0.4, 0.5) is 4.79 Å². The zero-order chi connectivity index (χ0) is 19.2. The van der Waals surface area contributed by atoms with E-state index in [0.717, 1.165) is 0 Å². The number of hydrogen-bond acceptors (Lipinski definition) is 4. The number of urea groups is 1. The zero-order valence-corrected chi connectivity index (χ0v) is 16.5. The standard InChI is InChI=1S/C20H25N3O3S/c1-21(2)20(24)23-10-9-22(18-13-27(25,26)14-19(18)23)12-15-7-8-16-5-3-4-6-17(16)11-15/h3-8,11,18-19H,9-10,12-14H2,1-2H3/t18-,19+/m1/s1. The summed E-state index contributed by atoms with van der Waals surface area (Å²) < 4.78 is 24.7. The lowest BCUT2D eigenvalue weighted by molar-refractivity contribution is 0.0521. The number of nitrogens with zero attached hydrogens (tertiary/aromatic N) is 3. The number of hydrogen-bond donors (Lipinski definition) is 0. The van der Waals surface area contributed by atoms with Gasteiger partial charge in [0.2, 0.25) is 0 Å². The van der Waals surface area contributed by atoms with Gasteiger partial charge >= 0.3 is 6.03 Å². The first-order valence-corrected chi connectivity index (χ1v) is 11.1. The molecule has 0 radical (unpaired) electrons. The second-order valence-corrected chi connectivity index (χ2v) is 9.89. The van der Waals surface area contributed by atoms with E-state index in [4.69, 9.17) is 0 Å². The Bertz CT molecular complexity index is 973. The predicted molar refractivity (Wildman–Crippen MR) is 106 cm³/mol. The third-order valence-corrected chi connectivity index (χ3v) is 7.32. The lowest BCUT2D eigenvalue weighted by Gasteiger charge is -2.44. The first kappa shape index (κ1) is 18.3. The molecule has 27 heavy (non-hydrogen) atoms. The van der Waals surface area contributed by atoms with Gasteiger partial charge in [-0.15, -0.1) is 0 Å². The largest absolute Gasteiger partial charge is 0.331 e. The molecule has 2 atom stereocenters. The SMILES string of the molecule is CN(C)C(=O)N1CCN(Cc2ccc3ccccc3c2)[C@@H]2CS(=O)(=O)C[C@@H]21. The van der Waals surface area contributed by atoms with Crippen molar-refractivity contribution in [2.45, 2.75) is 18.6 Å². The lowest BCUT2D eigenvalue weighted by atomic mass is 10.0. The molecule has 0 saturated carbocycles. The minimum atomic E-state index is -3.13. The summed E-state index contributed by atoms with van der Waals surface area (Å²) in [6, 6.07) is 14.1. The van der Waals surface area contributed by atoms with E-state index in [1.807, 2.05) is 12.1 Å². The van der Waals surface area contributed by atoms with Crippen molar-refractivity contribution in [1.82, 2.24) is 14.7 Å². The molecule has 0 N–H and O–H groups in total. The van der Waals surface area contributed by atoms with Crippen molar-refractivity contribution in [2.75, 3.05) is 38.7 Å². The van der Waals surface area contributed by atoms with Crippen LogP contribution in [0, 0.1) is 0 Å². The molecule has 2 amide bonds. The summed E-state index contributed by atoms with van der Waals surface area (Å²) in [7, 11) is 0.286. The van der Waals surface area contributed by atoms with E-state index in [9.17, 15) is 13.2 Å². The lowest BCUT2D eigenvalue weighted by Crippen LogP contribution is -2.61. The number of fused-ring (bicyclic) bond motifs is 2. The summed E-state index contributed by atoms with van der Waals surface area (Å²) in [6.07, 6.45) is 0.